The van der Waals surface area contributed by atoms with Gasteiger partial charge in [-0.15, -0.1) is 0 Å². The number of rotatable bonds is 2. The molecular weight excluding hydrogens is 277 g/mol. The zero-order valence-electron chi connectivity index (χ0n) is 13.2. The summed E-state index contributed by atoms with van der Waals surface area (Å²) in [7, 11) is -0.486. The number of benzene rings is 1. The normalized spacial score (nSPS) is 19.1. The summed E-state index contributed by atoms with van der Waals surface area (Å²) >= 11 is 0. The van der Waals surface area contributed by atoms with Crippen molar-refractivity contribution in [3.8, 4) is 11.8 Å². The van der Waals surface area contributed by atoms with Gasteiger partial charge in [0, 0.05) is 18.1 Å². The summed E-state index contributed by atoms with van der Waals surface area (Å²) in [5.41, 5.74) is 1.45. The smallest absolute Gasteiger partial charge is 0.399 e. The molecule has 2 aromatic rings. The Hall–Kier alpha value is -2.10. The molecule has 22 heavy (non-hydrogen) atoms. The van der Waals surface area contributed by atoms with E-state index < -0.39 is 18.3 Å². The van der Waals surface area contributed by atoms with Crippen LogP contribution >= 0.6 is 0 Å². The molecule has 0 N–H and O–H groups in total. The fourth-order valence-corrected chi connectivity index (χ4v) is 2.38. The number of nitrogens with zero attached hydrogens (tertiary/aromatic N) is 3. The molecule has 0 unspecified atom stereocenters. The SMILES string of the molecule is CC1(C)OB(c2cc(C#N)cc(-n3ccnc3)c2)OC1(C)C. The van der Waals surface area contributed by atoms with E-state index >= 15 is 0 Å². The third kappa shape index (κ3) is 2.43. The standard InChI is InChI=1S/C16H18BN3O2/c1-15(2)16(3,4)22-17(21-15)13-7-12(10-18)8-14(9-13)20-6-5-19-11-20/h5-9,11H,1-4H3. The summed E-state index contributed by atoms with van der Waals surface area (Å²) in [5, 5.41) is 9.28. The minimum Gasteiger partial charge on any atom is -0.399 e. The van der Waals surface area contributed by atoms with Crippen LogP contribution in [0.1, 0.15) is 33.3 Å². The van der Waals surface area contributed by atoms with Crippen LogP contribution in [0.25, 0.3) is 5.69 Å². The monoisotopic (exact) mass is 295 g/mol. The van der Waals surface area contributed by atoms with Crippen LogP contribution in [-0.2, 0) is 9.31 Å². The highest BCUT2D eigenvalue weighted by molar-refractivity contribution is 6.62. The Balaban J connectivity index is 2.02. The van der Waals surface area contributed by atoms with Gasteiger partial charge in [0.2, 0.25) is 0 Å². The summed E-state index contributed by atoms with van der Waals surface area (Å²) in [6.45, 7) is 8.05. The van der Waals surface area contributed by atoms with Gasteiger partial charge < -0.3 is 13.9 Å². The third-order valence-corrected chi connectivity index (χ3v) is 4.40. The molecule has 5 nitrogen and oxygen atoms in total. The minimum atomic E-state index is -0.486. The van der Waals surface area contributed by atoms with Gasteiger partial charge in [0.05, 0.1) is 29.2 Å². The molecule has 3 rings (SSSR count). The molecule has 2 heterocycles. The van der Waals surface area contributed by atoms with Crippen molar-refractivity contribution in [2.75, 3.05) is 0 Å². The number of aromatic nitrogens is 2. The summed E-state index contributed by atoms with van der Waals surface area (Å²) < 4.78 is 14.0. The van der Waals surface area contributed by atoms with Gasteiger partial charge in [-0.3, -0.25) is 0 Å². The first-order valence-electron chi connectivity index (χ1n) is 7.21. The zero-order valence-corrected chi connectivity index (χ0v) is 13.2. The van der Waals surface area contributed by atoms with E-state index in [9.17, 15) is 5.26 Å². The molecule has 0 aliphatic carbocycles. The van der Waals surface area contributed by atoms with Gasteiger partial charge in [0.15, 0.2) is 0 Å². The Bertz CT molecular complexity index is 716. The van der Waals surface area contributed by atoms with E-state index in [4.69, 9.17) is 9.31 Å². The first-order valence-corrected chi connectivity index (χ1v) is 7.21. The molecular formula is C16H18BN3O2. The van der Waals surface area contributed by atoms with Gasteiger partial charge in [-0.1, -0.05) is 0 Å². The Labute approximate surface area is 130 Å². The maximum absolute atomic E-state index is 9.28. The number of hydrogen-bond acceptors (Lipinski definition) is 4. The highest BCUT2D eigenvalue weighted by atomic mass is 16.7. The number of imidazole rings is 1. The van der Waals surface area contributed by atoms with Crippen molar-refractivity contribution in [1.82, 2.24) is 9.55 Å². The van der Waals surface area contributed by atoms with Crippen molar-refractivity contribution < 1.29 is 9.31 Å². The molecule has 0 spiro atoms. The Morgan fingerprint density at radius 2 is 1.82 bits per heavy atom. The van der Waals surface area contributed by atoms with E-state index in [1.165, 1.54) is 0 Å². The Kier molecular flexibility index (Phi) is 3.35. The molecule has 1 aromatic carbocycles. The molecule has 0 amide bonds. The van der Waals surface area contributed by atoms with Crippen LogP contribution in [0.4, 0.5) is 0 Å². The molecule has 1 aromatic heterocycles. The topological polar surface area (TPSA) is 60.1 Å². The van der Waals surface area contributed by atoms with E-state index in [1.54, 1.807) is 12.5 Å². The average molecular weight is 295 g/mol. The maximum Gasteiger partial charge on any atom is 0.494 e. The van der Waals surface area contributed by atoms with Crippen LogP contribution < -0.4 is 5.46 Å². The van der Waals surface area contributed by atoms with E-state index in [1.807, 2.05) is 56.7 Å². The molecule has 1 aliphatic heterocycles. The molecule has 0 saturated carbocycles. The first-order chi connectivity index (χ1) is 10.3. The first kappa shape index (κ1) is 14.8. The molecule has 1 saturated heterocycles. The summed E-state index contributed by atoms with van der Waals surface area (Å²) in [6, 6.07) is 7.78. The second-order valence-corrected chi connectivity index (χ2v) is 6.48. The highest BCUT2D eigenvalue weighted by Crippen LogP contribution is 2.36. The van der Waals surface area contributed by atoms with Crippen molar-refractivity contribution >= 4 is 12.6 Å². The molecule has 0 atom stereocenters. The van der Waals surface area contributed by atoms with Gasteiger partial charge in [-0.25, -0.2) is 4.98 Å². The fraction of sp³-hybridized carbons (Fsp3) is 0.375. The van der Waals surface area contributed by atoms with Gasteiger partial charge >= 0.3 is 7.12 Å². The second kappa shape index (κ2) is 4.97. The molecule has 1 aliphatic rings. The van der Waals surface area contributed by atoms with E-state index in [0.29, 0.717) is 5.56 Å². The quantitative estimate of drug-likeness (QED) is 0.796. The lowest BCUT2D eigenvalue weighted by Gasteiger charge is -2.32. The lowest BCUT2D eigenvalue weighted by molar-refractivity contribution is 0.00578. The molecule has 1 fully saturated rings. The van der Waals surface area contributed by atoms with E-state index in [-0.39, 0.29) is 0 Å². The Morgan fingerprint density at radius 1 is 1.14 bits per heavy atom. The van der Waals surface area contributed by atoms with E-state index in [0.717, 1.165) is 11.2 Å². The van der Waals surface area contributed by atoms with E-state index in [2.05, 4.69) is 11.1 Å². The van der Waals surface area contributed by atoms with Gasteiger partial charge in [-0.2, -0.15) is 5.26 Å². The van der Waals surface area contributed by atoms with Crippen molar-refractivity contribution in [2.24, 2.45) is 0 Å². The minimum absolute atomic E-state index is 0.407. The summed E-state index contributed by atoms with van der Waals surface area (Å²) in [5.74, 6) is 0. The van der Waals surface area contributed by atoms with Crippen LogP contribution in [0.2, 0.25) is 0 Å². The van der Waals surface area contributed by atoms with Crippen molar-refractivity contribution in [3.63, 3.8) is 0 Å². The molecule has 0 radical (unpaired) electrons. The third-order valence-electron chi connectivity index (χ3n) is 4.40. The van der Waals surface area contributed by atoms with Gasteiger partial charge in [0.1, 0.15) is 0 Å². The number of hydrogen-bond donors (Lipinski definition) is 0. The molecule has 6 heteroatoms. The average Bonchev–Trinajstić information content (AvgIpc) is 3.05. The summed E-state index contributed by atoms with van der Waals surface area (Å²) in [4.78, 5) is 4.04. The molecule has 0 bridgehead atoms. The van der Waals surface area contributed by atoms with Crippen LogP contribution in [0.15, 0.2) is 36.9 Å². The number of nitriles is 1. The lowest BCUT2D eigenvalue weighted by atomic mass is 9.78. The predicted molar refractivity (Wildman–Crippen MR) is 84.0 cm³/mol. The van der Waals surface area contributed by atoms with Crippen LogP contribution in [0, 0.1) is 11.3 Å². The van der Waals surface area contributed by atoms with Crippen LogP contribution in [-0.4, -0.2) is 27.9 Å². The largest absolute Gasteiger partial charge is 0.494 e. The van der Waals surface area contributed by atoms with Crippen molar-refractivity contribution in [3.05, 3.63) is 42.5 Å². The summed E-state index contributed by atoms with van der Waals surface area (Å²) in [6.07, 6.45) is 5.24. The van der Waals surface area contributed by atoms with Crippen LogP contribution in [0.3, 0.4) is 0 Å². The fourth-order valence-electron chi connectivity index (χ4n) is 2.38. The van der Waals surface area contributed by atoms with Crippen molar-refractivity contribution in [1.29, 1.82) is 5.26 Å². The zero-order chi connectivity index (χ0) is 16.0. The highest BCUT2D eigenvalue weighted by Gasteiger charge is 2.51. The predicted octanol–water partition coefficient (Wildman–Crippen LogP) is 2.04. The van der Waals surface area contributed by atoms with Crippen molar-refractivity contribution in [2.45, 2.75) is 38.9 Å². The second-order valence-electron chi connectivity index (χ2n) is 6.48. The molecule has 112 valence electrons. The maximum atomic E-state index is 9.28. The van der Waals surface area contributed by atoms with Gasteiger partial charge in [0.25, 0.3) is 0 Å². The van der Waals surface area contributed by atoms with Gasteiger partial charge in [-0.05, 0) is 51.4 Å². The van der Waals surface area contributed by atoms with Crippen LogP contribution in [0.5, 0.6) is 0 Å². The Morgan fingerprint density at radius 3 is 2.36 bits per heavy atom. The lowest BCUT2D eigenvalue weighted by Crippen LogP contribution is -2.41.